The predicted octanol–water partition coefficient (Wildman–Crippen LogP) is 5.56. The molecule has 1 heterocycles. The molecule has 2 aromatic carbocycles. The largest absolute Gasteiger partial charge is 0.494 e. The third kappa shape index (κ3) is 6.97. The van der Waals surface area contributed by atoms with Crippen molar-refractivity contribution in [2.24, 2.45) is 11.5 Å². The molecule has 4 N–H and O–H groups in total. The van der Waals surface area contributed by atoms with Crippen LogP contribution in [0.15, 0.2) is 53.0 Å². The van der Waals surface area contributed by atoms with Crippen LogP contribution in [0, 0.1) is 0 Å². The molecule has 3 rings (SSSR count). The van der Waals surface area contributed by atoms with Gasteiger partial charge >= 0.3 is 19.5 Å². The van der Waals surface area contributed by atoms with E-state index in [9.17, 15) is 26.3 Å². The quantitative estimate of drug-likeness (QED) is 0.385. The topological polar surface area (TPSA) is 70.5 Å². The second kappa shape index (κ2) is 10.2. The lowest BCUT2D eigenvalue weighted by Crippen LogP contribution is -2.41. The highest BCUT2D eigenvalue weighted by atomic mass is 79.9. The standard InChI is InChI=1S/C14H19BF3NO2.C8H7BrF3N/c1-12(2)13(3,4)21-15(20-12)10-7-5-6-9(8-10)11(19)14(16,17)18;9-6-3-1-2-5(4-6)7(13)8(10,11)12/h5-8,11H,19H2,1-4H3;1-4,7H,13H2. The van der Waals surface area contributed by atoms with Gasteiger partial charge in [0.15, 0.2) is 0 Å². The van der Waals surface area contributed by atoms with Crippen LogP contribution in [0.25, 0.3) is 0 Å². The highest BCUT2D eigenvalue weighted by Gasteiger charge is 2.52. The third-order valence-corrected chi connectivity index (χ3v) is 6.20. The molecule has 0 aliphatic carbocycles. The molecule has 4 nitrogen and oxygen atoms in total. The summed E-state index contributed by atoms with van der Waals surface area (Å²) in [5.41, 5.74) is 9.74. The Morgan fingerprint density at radius 3 is 1.59 bits per heavy atom. The number of rotatable bonds is 3. The number of alkyl halides is 6. The average molecular weight is 555 g/mol. The lowest BCUT2D eigenvalue weighted by Gasteiger charge is -2.32. The second-order valence-corrected chi connectivity index (χ2v) is 9.77. The van der Waals surface area contributed by atoms with E-state index < -0.39 is 42.8 Å². The van der Waals surface area contributed by atoms with Gasteiger partial charge in [0.2, 0.25) is 0 Å². The molecular formula is C22H26BBrF6N2O2. The zero-order valence-electron chi connectivity index (χ0n) is 19.0. The first kappa shape index (κ1) is 28.6. The van der Waals surface area contributed by atoms with E-state index in [0.29, 0.717) is 9.94 Å². The summed E-state index contributed by atoms with van der Waals surface area (Å²) in [5, 5.41) is 0. The van der Waals surface area contributed by atoms with Crippen molar-refractivity contribution in [1.29, 1.82) is 0 Å². The molecule has 0 amide bonds. The average Bonchev–Trinajstić information content (AvgIpc) is 2.93. The predicted molar refractivity (Wildman–Crippen MR) is 122 cm³/mol. The van der Waals surface area contributed by atoms with E-state index >= 15 is 0 Å². The van der Waals surface area contributed by atoms with Crippen molar-refractivity contribution in [3.63, 3.8) is 0 Å². The van der Waals surface area contributed by atoms with Crippen molar-refractivity contribution < 1.29 is 35.7 Å². The number of hydrogen-bond donors (Lipinski definition) is 2. The van der Waals surface area contributed by atoms with E-state index in [-0.39, 0.29) is 11.1 Å². The zero-order chi connectivity index (χ0) is 26.1. The van der Waals surface area contributed by atoms with Gasteiger partial charge in [-0.1, -0.05) is 52.3 Å². The zero-order valence-corrected chi connectivity index (χ0v) is 20.6. The Morgan fingerprint density at radius 2 is 1.18 bits per heavy atom. The summed E-state index contributed by atoms with van der Waals surface area (Å²) >= 11 is 3.07. The maximum atomic E-state index is 12.7. The lowest BCUT2D eigenvalue weighted by atomic mass is 9.78. The third-order valence-electron chi connectivity index (χ3n) is 5.71. The molecule has 0 aromatic heterocycles. The monoisotopic (exact) mass is 554 g/mol. The maximum Gasteiger partial charge on any atom is 0.494 e. The van der Waals surface area contributed by atoms with Crippen LogP contribution >= 0.6 is 15.9 Å². The molecule has 0 bridgehead atoms. The van der Waals surface area contributed by atoms with Crippen molar-refractivity contribution in [2.75, 3.05) is 0 Å². The first-order chi connectivity index (χ1) is 15.3. The SMILES string of the molecule is CC1(C)OB(c2cccc(C(N)C(F)(F)F)c2)OC1(C)C.NC(c1cccc(Br)c1)C(F)(F)F. The van der Waals surface area contributed by atoms with E-state index in [1.165, 1.54) is 36.4 Å². The van der Waals surface area contributed by atoms with Crippen molar-refractivity contribution in [1.82, 2.24) is 0 Å². The van der Waals surface area contributed by atoms with Gasteiger partial charge in [0.25, 0.3) is 0 Å². The lowest BCUT2D eigenvalue weighted by molar-refractivity contribution is -0.149. The summed E-state index contributed by atoms with van der Waals surface area (Å²) in [6, 6.07) is 7.90. The van der Waals surface area contributed by atoms with Crippen LogP contribution in [0.4, 0.5) is 26.3 Å². The summed E-state index contributed by atoms with van der Waals surface area (Å²) in [4.78, 5) is 0. The summed E-state index contributed by atoms with van der Waals surface area (Å²) in [5.74, 6) is 0. The van der Waals surface area contributed by atoms with Crippen LogP contribution < -0.4 is 16.9 Å². The smallest absolute Gasteiger partial charge is 0.399 e. The molecule has 1 saturated heterocycles. The molecule has 188 valence electrons. The fraction of sp³-hybridized carbons (Fsp3) is 0.455. The minimum Gasteiger partial charge on any atom is -0.399 e. The Balaban J connectivity index is 0.000000270. The molecule has 2 aromatic rings. The molecule has 0 saturated carbocycles. The molecule has 1 fully saturated rings. The van der Waals surface area contributed by atoms with Crippen molar-refractivity contribution >= 4 is 28.5 Å². The highest BCUT2D eigenvalue weighted by Crippen LogP contribution is 2.37. The molecule has 1 aliphatic heterocycles. The first-order valence-corrected chi connectivity index (χ1v) is 11.0. The minimum atomic E-state index is -4.48. The molecule has 0 spiro atoms. The summed E-state index contributed by atoms with van der Waals surface area (Å²) in [6.07, 6.45) is -8.87. The van der Waals surface area contributed by atoms with Gasteiger partial charge < -0.3 is 20.8 Å². The van der Waals surface area contributed by atoms with Gasteiger partial charge in [-0.15, -0.1) is 0 Å². The second-order valence-electron chi connectivity index (χ2n) is 8.85. The van der Waals surface area contributed by atoms with Crippen LogP contribution in [-0.2, 0) is 9.31 Å². The number of hydrogen-bond acceptors (Lipinski definition) is 4. The van der Waals surface area contributed by atoms with E-state index in [0.717, 1.165) is 0 Å². The van der Waals surface area contributed by atoms with Gasteiger partial charge in [-0.25, -0.2) is 0 Å². The molecule has 12 heteroatoms. The molecular weight excluding hydrogens is 529 g/mol. The van der Waals surface area contributed by atoms with Crippen molar-refractivity contribution in [3.05, 3.63) is 64.1 Å². The molecule has 2 unspecified atom stereocenters. The van der Waals surface area contributed by atoms with E-state index in [2.05, 4.69) is 15.9 Å². The van der Waals surface area contributed by atoms with Gasteiger partial charge in [-0.2, -0.15) is 26.3 Å². The number of nitrogens with two attached hydrogens (primary N) is 2. The summed E-state index contributed by atoms with van der Waals surface area (Å²) in [6.45, 7) is 7.55. The number of benzene rings is 2. The molecule has 0 radical (unpaired) electrons. The van der Waals surface area contributed by atoms with Crippen molar-refractivity contribution in [2.45, 2.75) is 63.3 Å². The highest BCUT2D eigenvalue weighted by molar-refractivity contribution is 9.10. The van der Waals surface area contributed by atoms with E-state index in [1.54, 1.807) is 12.1 Å². The van der Waals surface area contributed by atoms with Crippen LogP contribution in [-0.4, -0.2) is 30.7 Å². The van der Waals surface area contributed by atoms with Gasteiger partial charge in [-0.05, 0) is 56.4 Å². The molecule has 34 heavy (non-hydrogen) atoms. The molecule has 2 atom stereocenters. The van der Waals surface area contributed by atoms with Crippen molar-refractivity contribution in [3.8, 4) is 0 Å². The van der Waals surface area contributed by atoms with Gasteiger partial charge in [-0.3, -0.25) is 0 Å². The first-order valence-electron chi connectivity index (χ1n) is 10.2. The Hall–Kier alpha value is -1.60. The minimum absolute atomic E-state index is 0.00490. The summed E-state index contributed by atoms with van der Waals surface area (Å²) in [7, 11) is -0.699. The molecule has 1 aliphatic rings. The van der Waals surface area contributed by atoms with Gasteiger partial charge in [0.05, 0.1) is 11.2 Å². The fourth-order valence-corrected chi connectivity index (χ4v) is 3.37. The number of halogens is 7. The maximum absolute atomic E-state index is 12.7. The Bertz CT molecular complexity index is 968. The van der Waals surface area contributed by atoms with E-state index in [4.69, 9.17) is 20.8 Å². The Morgan fingerprint density at radius 1 is 0.765 bits per heavy atom. The normalized spacial score (nSPS) is 19.3. The Kier molecular flexibility index (Phi) is 8.57. The van der Waals surface area contributed by atoms with Crippen LogP contribution in [0.5, 0.6) is 0 Å². The van der Waals surface area contributed by atoms with E-state index in [1.807, 2.05) is 27.7 Å². The van der Waals surface area contributed by atoms with Gasteiger partial charge in [0.1, 0.15) is 12.1 Å². The Labute approximate surface area is 203 Å². The summed E-state index contributed by atoms with van der Waals surface area (Å²) < 4.78 is 86.7. The van der Waals surface area contributed by atoms with Crippen LogP contribution in [0.1, 0.15) is 50.9 Å². The van der Waals surface area contributed by atoms with Crippen LogP contribution in [0.3, 0.4) is 0 Å². The van der Waals surface area contributed by atoms with Gasteiger partial charge in [0, 0.05) is 4.47 Å². The fourth-order valence-electron chi connectivity index (χ4n) is 2.96. The van der Waals surface area contributed by atoms with Crippen LogP contribution in [0.2, 0.25) is 0 Å².